The first-order valence-electron chi connectivity index (χ1n) is 8.45. The molecule has 0 spiro atoms. The van der Waals surface area contributed by atoms with E-state index >= 15 is 0 Å². The molecule has 0 amide bonds. The van der Waals surface area contributed by atoms with Crippen LogP contribution in [0, 0.1) is 0 Å². The van der Waals surface area contributed by atoms with E-state index < -0.39 is 0 Å². The monoisotopic (exact) mass is 297 g/mol. The Labute approximate surface area is 131 Å². The van der Waals surface area contributed by atoms with Crippen LogP contribution in [-0.2, 0) is 0 Å². The molecule has 0 aromatic rings. The lowest BCUT2D eigenvalue weighted by atomic mass is 9.98. The third kappa shape index (κ3) is 2.42. The van der Waals surface area contributed by atoms with E-state index in [2.05, 4.69) is 39.2 Å². The normalized spacial score (nSPS) is 37.0. The van der Waals surface area contributed by atoms with Gasteiger partial charge in [0.2, 0.25) is 0 Å². The molecule has 0 bridgehead atoms. The predicted molar refractivity (Wildman–Crippen MR) is 91.4 cm³/mol. The molecule has 116 valence electrons. The molecule has 4 heterocycles. The minimum absolute atomic E-state index is 0.223. The van der Waals surface area contributed by atoms with Gasteiger partial charge in [-0.25, -0.2) is 0 Å². The summed E-state index contributed by atoms with van der Waals surface area (Å²) in [6.07, 6.45) is 15.1. The quantitative estimate of drug-likeness (QED) is 0.790. The molecule has 4 aliphatic heterocycles. The lowest BCUT2D eigenvalue weighted by molar-refractivity contribution is 0.252. The van der Waals surface area contributed by atoms with Crippen LogP contribution in [0.3, 0.4) is 0 Å². The van der Waals surface area contributed by atoms with Crippen LogP contribution in [0.1, 0.15) is 45.4 Å². The highest BCUT2D eigenvalue weighted by Crippen LogP contribution is 2.30. The molecule has 0 fully saturated rings. The number of rotatable bonds is 3. The van der Waals surface area contributed by atoms with Gasteiger partial charge in [-0.3, -0.25) is 20.0 Å². The van der Waals surface area contributed by atoms with Crippen LogP contribution in [0.2, 0.25) is 0 Å². The van der Waals surface area contributed by atoms with Crippen molar-refractivity contribution < 1.29 is 0 Å². The Morgan fingerprint density at radius 1 is 0.909 bits per heavy atom. The third-order valence-corrected chi connectivity index (χ3v) is 4.98. The zero-order valence-electron chi connectivity index (χ0n) is 13.1. The molecule has 0 aromatic heterocycles. The zero-order valence-corrected chi connectivity index (χ0v) is 13.1. The largest absolute Gasteiger partial charge is 0.346 e. The molecule has 0 saturated heterocycles. The van der Waals surface area contributed by atoms with E-state index in [0.29, 0.717) is 0 Å². The first kappa shape index (κ1) is 13.9. The maximum absolute atomic E-state index is 5.01. The van der Waals surface area contributed by atoms with Crippen LogP contribution in [0.4, 0.5) is 0 Å². The van der Waals surface area contributed by atoms with Gasteiger partial charge < -0.3 is 4.90 Å². The molecular weight excluding hydrogens is 274 g/mol. The fourth-order valence-electron chi connectivity index (χ4n) is 3.73. The van der Waals surface area contributed by atoms with Crippen LogP contribution >= 0.6 is 0 Å². The van der Waals surface area contributed by atoms with Gasteiger partial charge in [-0.15, -0.1) is 0 Å². The maximum Gasteiger partial charge on any atom is 0.121 e. The summed E-state index contributed by atoms with van der Waals surface area (Å²) in [4.78, 5) is 21.3. The van der Waals surface area contributed by atoms with Crippen molar-refractivity contribution >= 4 is 24.4 Å². The standard InChI is InChI=1S/C17H23N5/c1-12-17(14-6-3-9-19-14)21-15(13-5-2-8-18-13)11-22(12)16-7-4-10-20-16/h8-14,16H,2-7H2,1H3. The fourth-order valence-corrected chi connectivity index (χ4v) is 3.73. The van der Waals surface area contributed by atoms with Crippen molar-refractivity contribution in [2.75, 3.05) is 0 Å². The van der Waals surface area contributed by atoms with Crippen LogP contribution in [-0.4, -0.2) is 53.5 Å². The van der Waals surface area contributed by atoms with E-state index in [1.54, 1.807) is 0 Å². The second-order valence-electron chi connectivity index (χ2n) is 6.45. The summed E-state index contributed by atoms with van der Waals surface area (Å²) in [5.41, 5.74) is 2.31. The van der Waals surface area contributed by atoms with Gasteiger partial charge in [-0.05, 0) is 57.9 Å². The van der Waals surface area contributed by atoms with E-state index in [1.165, 1.54) is 5.71 Å². The van der Waals surface area contributed by atoms with Crippen molar-refractivity contribution in [3.8, 4) is 0 Å². The summed E-state index contributed by atoms with van der Waals surface area (Å²) < 4.78 is 0. The van der Waals surface area contributed by atoms with Gasteiger partial charge in [0.25, 0.3) is 0 Å². The van der Waals surface area contributed by atoms with Gasteiger partial charge in [0.1, 0.15) is 6.17 Å². The minimum Gasteiger partial charge on any atom is -0.346 e. The molecule has 22 heavy (non-hydrogen) atoms. The first-order chi connectivity index (χ1) is 10.8. The van der Waals surface area contributed by atoms with Crippen LogP contribution in [0.15, 0.2) is 31.9 Å². The molecule has 5 nitrogen and oxygen atoms in total. The third-order valence-electron chi connectivity index (χ3n) is 4.98. The highest BCUT2D eigenvalue weighted by molar-refractivity contribution is 5.97. The number of hydrogen-bond acceptors (Lipinski definition) is 5. The lowest BCUT2D eigenvalue weighted by Crippen LogP contribution is -2.46. The molecule has 0 N–H and O–H groups in total. The highest BCUT2D eigenvalue weighted by Gasteiger charge is 2.34. The van der Waals surface area contributed by atoms with Crippen molar-refractivity contribution in [2.45, 2.75) is 69.7 Å². The van der Waals surface area contributed by atoms with Gasteiger partial charge in [0.15, 0.2) is 0 Å². The van der Waals surface area contributed by atoms with E-state index in [0.717, 1.165) is 44.2 Å². The second kappa shape index (κ2) is 5.78. The van der Waals surface area contributed by atoms with Crippen LogP contribution < -0.4 is 0 Å². The maximum atomic E-state index is 5.01. The summed E-state index contributed by atoms with van der Waals surface area (Å²) >= 11 is 0. The first-order valence-corrected chi connectivity index (χ1v) is 8.45. The Bertz CT molecular complexity index is 586. The molecule has 0 saturated carbocycles. The number of nitrogens with zero attached hydrogens (tertiary/aromatic N) is 5. The van der Waals surface area contributed by atoms with Gasteiger partial charge in [-0.1, -0.05) is 0 Å². The average molecular weight is 297 g/mol. The van der Waals surface area contributed by atoms with Gasteiger partial charge in [0, 0.05) is 12.4 Å². The number of hydrogen-bond donors (Lipinski definition) is 0. The van der Waals surface area contributed by atoms with Crippen molar-refractivity contribution in [2.24, 2.45) is 20.0 Å². The predicted octanol–water partition coefficient (Wildman–Crippen LogP) is 2.63. The summed E-state index contributed by atoms with van der Waals surface area (Å²) in [5, 5.41) is 0. The molecule has 4 rings (SSSR count). The zero-order chi connectivity index (χ0) is 14.9. The molecule has 4 aliphatic rings. The van der Waals surface area contributed by atoms with Crippen molar-refractivity contribution in [3.05, 3.63) is 11.9 Å². The molecule has 0 aliphatic carbocycles. The average Bonchev–Trinajstić information content (AvgIpc) is 3.29. The van der Waals surface area contributed by atoms with Crippen LogP contribution in [0.25, 0.3) is 0 Å². The van der Waals surface area contributed by atoms with Crippen molar-refractivity contribution in [1.29, 1.82) is 0 Å². The molecule has 5 heteroatoms. The van der Waals surface area contributed by atoms with E-state index in [9.17, 15) is 0 Å². The summed E-state index contributed by atoms with van der Waals surface area (Å²) in [5.74, 6) is 0. The summed E-state index contributed by atoms with van der Waals surface area (Å²) in [6.45, 7) is 2.24. The fraction of sp³-hybridized carbons (Fsp3) is 0.647. The SMILES string of the molecule is CC1C(C2CCC=N2)=NC(C2CCC=N2)=CN1C1CCC=N1. The summed E-state index contributed by atoms with van der Waals surface area (Å²) in [7, 11) is 0. The van der Waals surface area contributed by atoms with Crippen LogP contribution in [0.5, 0.6) is 0 Å². The van der Waals surface area contributed by atoms with Gasteiger partial charge in [-0.2, -0.15) is 0 Å². The molecule has 4 atom stereocenters. The Kier molecular flexibility index (Phi) is 3.64. The second-order valence-corrected chi connectivity index (χ2v) is 6.45. The Balaban J connectivity index is 1.67. The molecule has 4 unspecified atom stereocenters. The summed E-state index contributed by atoms with van der Waals surface area (Å²) in [6, 6.07) is 0.743. The Morgan fingerprint density at radius 3 is 2.23 bits per heavy atom. The Morgan fingerprint density at radius 2 is 1.59 bits per heavy atom. The van der Waals surface area contributed by atoms with Crippen molar-refractivity contribution in [3.63, 3.8) is 0 Å². The van der Waals surface area contributed by atoms with Gasteiger partial charge >= 0.3 is 0 Å². The molecular formula is C17H23N5. The highest BCUT2D eigenvalue weighted by atomic mass is 15.3. The topological polar surface area (TPSA) is 52.7 Å². The van der Waals surface area contributed by atoms with Gasteiger partial charge in [0.05, 0.1) is 29.5 Å². The van der Waals surface area contributed by atoms with E-state index in [-0.39, 0.29) is 24.3 Å². The van der Waals surface area contributed by atoms with Crippen molar-refractivity contribution in [1.82, 2.24) is 4.90 Å². The van der Waals surface area contributed by atoms with E-state index in [1.807, 2.05) is 12.4 Å². The molecule has 0 aromatic carbocycles. The van der Waals surface area contributed by atoms with E-state index in [4.69, 9.17) is 4.99 Å². The minimum atomic E-state index is 0.223. The Hall–Kier alpha value is -1.78. The number of aliphatic imine (C=N–C) groups is 4. The smallest absolute Gasteiger partial charge is 0.121 e. The molecule has 0 radical (unpaired) electrons. The lowest BCUT2D eigenvalue weighted by Gasteiger charge is -2.37.